The molecule has 164 valence electrons. The number of benzene rings is 1. The van der Waals surface area contributed by atoms with Crippen LogP contribution >= 0.6 is 0 Å². The molecule has 3 aromatic rings. The average Bonchev–Trinajstić information content (AvgIpc) is 3.08. The molecule has 3 heterocycles. The van der Waals surface area contributed by atoms with Crippen LogP contribution in [0.3, 0.4) is 0 Å². The number of aryl methyl sites for hydroxylation is 1. The Labute approximate surface area is 181 Å². The summed E-state index contributed by atoms with van der Waals surface area (Å²) in [6.45, 7) is 4.12. The van der Waals surface area contributed by atoms with Gasteiger partial charge in [0, 0.05) is 30.4 Å². The maximum atomic E-state index is 13.9. The first-order valence-corrected chi connectivity index (χ1v) is 11.1. The number of aliphatic hydroxyl groups is 1. The van der Waals surface area contributed by atoms with Gasteiger partial charge >= 0.3 is 0 Å². The van der Waals surface area contributed by atoms with Crippen molar-refractivity contribution in [3.05, 3.63) is 47.4 Å². The monoisotopic (exact) mass is 424 g/mol. The fraction of sp³-hybridized carbons (Fsp3) is 0.478. The molecule has 0 amide bonds. The van der Waals surface area contributed by atoms with Gasteiger partial charge in [-0.2, -0.15) is 9.61 Å². The number of nitrogens with zero attached hydrogens (tertiary/aromatic N) is 4. The molecule has 0 spiro atoms. The van der Waals surface area contributed by atoms with E-state index in [0.717, 1.165) is 55.1 Å². The third kappa shape index (κ3) is 4.36. The van der Waals surface area contributed by atoms with Gasteiger partial charge in [-0.1, -0.05) is 6.42 Å². The van der Waals surface area contributed by atoms with Gasteiger partial charge in [0.1, 0.15) is 17.5 Å². The zero-order chi connectivity index (χ0) is 21.4. The SMILES string of the molecule is Cc1cc(F)cc(Nc2cc(NCN3CCC[C@@H](O)C3)nc3c(C4CCC4)cnn23)c1. The first kappa shape index (κ1) is 20.2. The summed E-state index contributed by atoms with van der Waals surface area (Å²) in [6, 6.07) is 6.81. The highest BCUT2D eigenvalue weighted by Gasteiger charge is 2.25. The van der Waals surface area contributed by atoms with Crippen LogP contribution in [0.4, 0.5) is 21.7 Å². The highest BCUT2D eigenvalue weighted by Crippen LogP contribution is 2.38. The van der Waals surface area contributed by atoms with Gasteiger partial charge in [0.05, 0.1) is 19.0 Å². The summed E-state index contributed by atoms with van der Waals surface area (Å²) >= 11 is 0. The van der Waals surface area contributed by atoms with Crippen LogP contribution in [0.5, 0.6) is 0 Å². The van der Waals surface area contributed by atoms with E-state index in [-0.39, 0.29) is 11.9 Å². The molecular formula is C23H29FN6O. The molecule has 1 saturated carbocycles. The lowest BCUT2D eigenvalue weighted by atomic mass is 9.81. The molecule has 5 rings (SSSR count). The number of piperidine rings is 1. The van der Waals surface area contributed by atoms with E-state index in [2.05, 4.69) is 20.6 Å². The average molecular weight is 425 g/mol. The number of aliphatic hydroxyl groups excluding tert-OH is 1. The Kier molecular flexibility index (Phi) is 5.50. The molecule has 3 N–H and O–H groups in total. The molecule has 0 unspecified atom stereocenters. The quantitative estimate of drug-likeness (QED) is 0.555. The van der Waals surface area contributed by atoms with Gasteiger partial charge in [-0.3, -0.25) is 4.90 Å². The normalized spacial score (nSPS) is 20.0. The number of rotatable bonds is 6. The zero-order valence-electron chi connectivity index (χ0n) is 17.8. The van der Waals surface area contributed by atoms with E-state index in [0.29, 0.717) is 24.8 Å². The number of likely N-dealkylation sites (tertiary alicyclic amines) is 1. The van der Waals surface area contributed by atoms with Crippen molar-refractivity contribution in [2.24, 2.45) is 0 Å². The molecule has 2 aromatic heterocycles. The van der Waals surface area contributed by atoms with E-state index in [1.165, 1.54) is 24.1 Å². The number of aromatic nitrogens is 3. The van der Waals surface area contributed by atoms with Gasteiger partial charge in [0.25, 0.3) is 0 Å². The van der Waals surface area contributed by atoms with Crippen molar-refractivity contribution in [2.45, 2.75) is 51.0 Å². The number of fused-ring (bicyclic) bond motifs is 1. The maximum absolute atomic E-state index is 13.9. The minimum absolute atomic E-state index is 0.264. The number of β-amino-alcohol motifs (C(OH)–C–C–N with tert-alkyl or cyclic N) is 1. The summed E-state index contributed by atoms with van der Waals surface area (Å²) in [5.74, 6) is 1.71. The summed E-state index contributed by atoms with van der Waals surface area (Å²) in [4.78, 5) is 7.07. The molecule has 0 radical (unpaired) electrons. The lowest BCUT2D eigenvalue weighted by molar-refractivity contribution is 0.0748. The van der Waals surface area contributed by atoms with Gasteiger partial charge in [0.15, 0.2) is 5.65 Å². The minimum atomic E-state index is -0.273. The highest BCUT2D eigenvalue weighted by atomic mass is 19.1. The van der Waals surface area contributed by atoms with Crippen molar-refractivity contribution in [3.8, 4) is 0 Å². The van der Waals surface area contributed by atoms with Crippen LogP contribution in [-0.4, -0.2) is 50.5 Å². The Morgan fingerprint density at radius 3 is 2.77 bits per heavy atom. The van der Waals surface area contributed by atoms with E-state index >= 15 is 0 Å². The molecule has 2 fully saturated rings. The molecule has 1 aromatic carbocycles. The fourth-order valence-corrected chi connectivity index (χ4v) is 4.49. The van der Waals surface area contributed by atoms with E-state index < -0.39 is 0 Å². The van der Waals surface area contributed by atoms with Gasteiger partial charge in [0.2, 0.25) is 0 Å². The third-order valence-electron chi connectivity index (χ3n) is 6.32. The van der Waals surface area contributed by atoms with Crippen LogP contribution in [0.1, 0.15) is 49.1 Å². The molecule has 1 aliphatic heterocycles. The second-order valence-electron chi connectivity index (χ2n) is 8.84. The zero-order valence-corrected chi connectivity index (χ0v) is 17.8. The Balaban J connectivity index is 1.46. The van der Waals surface area contributed by atoms with E-state index in [1.54, 1.807) is 0 Å². The summed E-state index contributed by atoms with van der Waals surface area (Å²) in [5.41, 5.74) is 3.53. The lowest BCUT2D eigenvalue weighted by Gasteiger charge is -2.30. The molecule has 0 bridgehead atoms. The van der Waals surface area contributed by atoms with Crippen molar-refractivity contribution < 1.29 is 9.50 Å². The summed E-state index contributed by atoms with van der Waals surface area (Å²) in [7, 11) is 0. The number of anilines is 3. The van der Waals surface area contributed by atoms with Crippen molar-refractivity contribution in [2.75, 3.05) is 30.4 Å². The molecule has 1 atom stereocenters. The van der Waals surface area contributed by atoms with Crippen LogP contribution in [0, 0.1) is 12.7 Å². The summed E-state index contributed by atoms with van der Waals surface area (Å²) in [5, 5.41) is 21.3. The van der Waals surface area contributed by atoms with Crippen LogP contribution in [0.2, 0.25) is 0 Å². The Hall–Kier alpha value is -2.71. The predicted octanol–water partition coefficient (Wildman–Crippen LogP) is 4.01. The number of hydrogen-bond donors (Lipinski definition) is 3. The molecule has 1 saturated heterocycles. The molecule has 2 aliphatic rings. The van der Waals surface area contributed by atoms with Gasteiger partial charge in [-0.25, -0.2) is 9.37 Å². The van der Waals surface area contributed by atoms with E-state index in [9.17, 15) is 9.50 Å². The molecule has 1 aliphatic carbocycles. The second kappa shape index (κ2) is 8.43. The van der Waals surface area contributed by atoms with Crippen LogP contribution < -0.4 is 10.6 Å². The van der Waals surface area contributed by atoms with Crippen LogP contribution in [0.25, 0.3) is 5.65 Å². The Morgan fingerprint density at radius 1 is 1.16 bits per heavy atom. The van der Waals surface area contributed by atoms with Gasteiger partial charge < -0.3 is 15.7 Å². The van der Waals surface area contributed by atoms with Crippen molar-refractivity contribution in [1.82, 2.24) is 19.5 Å². The topological polar surface area (TPSA) is 77.7 Å². The second-order valence-corrected chi connectivity index (χ2v) is 8.84. The lowest BCUT2D eigenvalue weighted by Crippen LogP contribution is -2.41. The molecule has 8 heteroatoms. The molecule has 31 heavy (non-hydrogen) atoms. The van der Waals surface area contributed by atoms with Gasteiger partial charge in [-0.05, 0) is 62.3 Å². The van der Waals surface area contributed by atoms with E-state index in [4.69, 9.17) is 4.98 Å². The number of halogens is 1. The third-order valence-corrected chi connectivity index (χ3v) is 6.32. The van der Waals surface area contributed by atoms with Crippen LogP contribution in [-0.2, 0) is 0 Å². The van der Waals surface area contributed by atoms with Gasteiger partial charge in [-0.15, -0.1) is 0 Å². The molecular weight excluding hydrogens is 395 g/mol. The van der Waals surface area contributed by atoms with Crippen molar-refractivity contribution in [1.29, 1.82) is 0 Å². The van der Waals surface area contributed by atoms with E-state index in [1.807, 2.05) is 29.8 Å². The number of hydrogen-bond acceptors (Lipinski definition) is 6. The fourth-order valence-electron chi connectivity index (χ4n) is 4.49. The largest absolute Gasteiger partial charge is 0.392 e. The standard InChI is InChI=1S/C23H29FN6O/c1-15-8-17(24)10-18(9-15)27-22-11-21(25-14-29-7-3-6-19(31)13-29)28-23-20(12-26-30(22)23)16-4-2-5-16/h8-12,16,19,27,31H,2-7,13-14H2,1H3,(H,25,28)/t19-/m1/s1. The predicted molar refractivity (Wildman–Crippen MR) is 119 cm³/mol. The van der Waals surface area contributed by atoms with Crippen molar-refractivity contribution >= 4 is 23.0 Å². The summed E-state index contributed by atoms with van der Waals surface area (Å²) < 4.78 is 15.7. The first-order chi connectivity index (χ1) is 15.0. The summed E-state index contributed by atoms with van der Waals surface area (Å²) in [6.07, 6.45) is 7.08. The number of nitrogens with one attached hydrogen (secondary N) is 2. The van der Waals surface area contributed by atoms with Crippen molar-refractivity contribution in [3.63, 3.8) is 0 Å². The smallest absolute Gasteiger partial charge is 0.163 e. The highest BCUT2D eigenvalue weighted by molar-refractivity contribution is 5.66. The Morgan fingerprint density at radius 2 is 2.03 bits per heavy atom. The first-order valence-electron chi connectivity index (χ1n) is 11.1. The minimum Gasteiger partial charge on any atom is -0.392 e. The van der Waals surface area contributed by atoms with Crippen LogP contribution in [0.15, 0.2) is 30.5 Å². The maximum Gasteiger partial charge on any atom is 0.163 e. The Bertz CT molecular complexity index is 1060. The molecule has 7 nitrogen and oxygen atoms in total.